The Morgan fingerprint density at radius 1 is 1.25 bits per heavy atom. The number of allylic oxidation sites excluding steroid dienone is 2. The van der Waals surface area contributed by atoms with Crippen LogP contribution in [0, 0.1) is 5.92 Å². The van der Waals surface area contributed by atoms with E-state index in [0.29, 0.717) is 12.8 Å². The number of Topliss-reactive ketones (excluding diaryl/α,β-unsaturated/α-hetero) is 1. The lowest BCUT2D eigenvalue weighted by molar-refractivity contribution is -0.149. The van der Waals surface area contributed by atoms with Gasteiger partial charge in [0.2, 0.25) is 0 Å². The van der Waals surface area contributed by atoms with E-state index in [1.54, 1.807) is 0 Å². The molecule has 0 saturated carbocycles. The molecule has 1 N–H and O–H groups in total. The predicted molar refractivity (Wildman–Crippen MR) is 90.2 cm³/mol. The van der Waals surface area contributed by atoms with Crippen LogP contribution in [0.5, 0.6) is 0 Å². The number of rotatable bonds is 8. The van der Waals surface area contributed by atoms with Crippen LogP contribution in [0.4, 0.5) is 0 Å². The second-order valence-corrected chi connectivity index (χ2v) is 6.05. The van der Waals surface area contributed by atoms with Crippen LogP contribution in [0.1, 0.15) is 31.7 Å². The van der Waals surface area contributed by atoms with Gasteiger partial charge >= 0.3 is 5.97 Å². The van der Waals surface area contributed by atoms with E-state index in [2.05, 4.69) is 5.32 Å². The second-order valence-electron chi connectivity index (χ2n) is 6.05. The highest BCUT2D eigenvalue weighted by molar-refractivity contribution is 5.88. The number of ether oxygens (including phenoxy) is 1. The Bertz CT molecular complexity index is 609. The molecule has 1 aliphatic carbocycles. The number of benzene rings is 1. The first-order valence-electron chi connectivity index (χ1n) is 8.20. The monoisotopic (exact) mass is 329 g/mol. The molecule has 128 valence electrons. The Morgan fingerprint density at radius 3 is 2.62 bits per heavy atom. The summed E-state index contributed by atoms with van der Waals surface area (Å²) in [6, 6.07) is 8.84. The largest absolute Gasteiger partial charge is 0.456 e. The fourth-order valence-electron chi connectivity index (χ4n) is 2.67. The summed E-state index contributed by atoms with van der Waals surface area (Å²) in [6.07, 6.45) is 6.70. The molecule has 0 bridgehead atoms. The summed E-state index contributed by atoms with van der Waals surface area (Å²) in [5.41, 5.74) is 0.961. The summed E-state index contributed by atoms with van der Waals surface area (Å²) in [5, 5.41) is 2.63. The van der Waals surface area contributed by atoms with E-state index in [0.717, 1.165) is 18.4 Å². The molecule has 1 aromatic carbocycles. The van der Waals surface area contributed by atoms with Gasteiger partial charge in [0.15, 0.2) is 12.4 Å². The average molecular weight is 329 g/mol. The van der Waals surface area contributed by atoms with Crippen molar-refractivity contribution in [2.24, 2.45) is 5.92 Å². The van der Waals surface area contributed by atoms with Gasteiger partial charge in [-0.25, -0.2) is 0 Å². The lowest BCUT2D eigenvalue weighted by atomic mass is 10.0. The highest BCUT2D eigenvalue weighted by Gasteiger charge is 2.19. The van der Waals surface area contributed by atoms with E-state index < -0.39 is 11.9 Å². The number of carbonyl (C=O) groups excluding carboxylic acids is 3. The van der Waals surface area contributed by atoms with Gasteiger partial charge in [-0.2, -0.15) is 0 Å². The zero-order valence-electron chi connectivity index (χ0n) is 13.9. The van der Waals surface area contributed by atoms with Crippen molar-refractivity contribution in [3.05, 3.63) is 48.0 Å². The quantitative estimate of drug-likeness (QED) is 0.586. The van der Waals surface area contributed by atoms with Gasteiger partial charge in [-0.15, -0.1) is 0 Å². The molecule has 5 heteroatoms. The van der Waals surface area contributed by atoms with Gasteiger partial charge in [-0.1, -0.05) is 42.5 Å². The zero-order chi connectivity index (χ0) is 17.4. The minimum Gasteiger partial charge on any atom is -0.456 e. The molecule has 1 aliphatic rings. The summed E-state index contributed by atoms with van der Waals surface area (Å²) in [4.78, 5) is 35.4. The molecular formula is C19H23NO4. The van der Waals surface area contributed by atoms with Crippen LogP contribution in [0.25, 0.3) is 0 Å². The van der Waals surface area contributed by atoms with Gasteiger partial charge in [-0.05, 0) is 37.7 Å². The first-order chi connectivity index (χ1) is 11.5. The molecule has 1 amide bonds. The third-order valence-electron chi connectivity index (χ3n) is 4.01. The maximum Gasteiger partial charge on any atom is 0.306 e. The van der Waals surface area contributed by atoms with Crippen LogP contribution in [-0.4, -0.2) is 30.3 Å². The molecule has 0 aliphatic heterocycles. The van der Waals surface area contributed by atoms with E-state index in [9.17, 15) is 14.4 Å². The number of amides is 1. The molecule has 0 aromatic heterocycles. The molecular weight excluding hydrogens is 306 g/mol. The highest BCUT2D eigenvalue weighted by atomic mass is 16.5. The molecule has 2 rings (SSSR count). The zero-order valence-corrected chi connectivity index (χ0v) is 13.9. The van der Waals surface area contributed by atoms with Gasteiger partial charge in [0, 0.05) is 0 Å². The Hall–Kier alpha value is -2.43. The number of ketones is 1. The van der Waals surface area contributed by atoms with Crippen molar-refractivity contribution in [3.63, 3.8) is 0 Å². The first-order valence-corrected chi connectivity index (χ1v) is 8.20. The normalized spacial score (nSPS) is 17.3. The molecule has 1 aromatic rings. The number of esters is 1. The summed E-state index contributed by atoms with van der Waals surface area (Å²) in [5.74, 6) is -0.760. The van der Waals surface area contributed by atoms with Gasteiger partial charge in [0.1, 0.15) is 0 Å². The average Bonchev–Trinajstić information content (AvgIpc) is 3.06. The minimum atomic E-state index is -0.614. The number of hydrogen-bond acceptors (Lipinski definition) is 4. The lowest BCUT2D eigenvalue weighted by Crippen LogP contribution is -2.43. The first kappa shape index (κ1) is 17.9. The Balaban J connectivity index is 1.76. The van der Waals surface area contributed by atoms with Crippen molar-refractivity contribution in [1.29, 1.82) is 0 Å². The van der Waals surface area contributed by atoms with E-state index in [1.807, 2.05) is 42.5 Å². The van der Waals surface area contributed by atoms with Gasteiger partial charge in [-0.3, -0.25) is 14.4 Å². The van der Waals surface area contributed by atoms with Crippen molar-refractivity contribution in [2.45, 2.75) is 38.6 Å². The Morgan fingerprint density at radius 2 is 2.00 bits per heavy atom. The number of hydrogen-bond donors (Lipinski definition) is 1. The number of nitrogens with one attached hydrogen (secondary N) is 1. The van der Waals surface area contributed by atoms with Crippen molar-refractivity contribution in [1.82, 2.24) is 5.32 Å². The molecule has 0 saturated heterocycles. The van der Waals surface area contributed by atoms with Crippen molar-refractivity contribution in [3.8, 4) is 0 Å². The summed E-state index contributed by atoms with van der Waals surface area (Å²) < 4.78 is 5.00. The molecule has 5 nitrogen and oxygen atoms in total. The van der Waals surface area contributed by atoms with Crippen LogP contribution >= 0.6 is 0 Å². The SMILES string of the molecule is CC(=O)[C@H](Cc1ccccc1)NC(=O)COC(=O)C[C@H]1C=CCC1. The maximum atomic E-state index is 11.9. The van der Waals surface area contributed by atoms with Crippen molar-refractivity contribution < 1.29 is 19.1 Å². The smallest absolute Gasteiger partial charge is 0.306 e. The Labute approximate surface area is 142 Å². The topological polar surface area (TPSA) is 72.5 Å². The summed E-state index contributed by atoms with van der Waals surface area (Å²) in [7, 11) is 0. The van der Waals surface area contributed by atoms with E-state index in [4.69, 9.17) is 4.74 Å². The summed E-state index contributed by atoms with van der Waals surface area (Å²) >= 11 is 0. The fraction of sp³-hybridized carbons (Fsp3) is 0.421. The highest BCUT2D eigenvalue weighted by Crippen LogP contribution is 2.20. The third kappa shape index (κ3) is 5.99. The molecule has 0 spiro atoms. The van der Waals surface area contributed by atoms with Crippen molar-refractivity contribution >= 4 is 17.7 Å². The van der Waals surface area contributed by atoms with Gasteiger partial charge < -0.3 is 10.1 Å². The van der Waals surface area contributed by atoms with E-state index >= 15 is 0 Å². The molecule has 0 radical (unpaired) electrons. The fourth-order valence-corrected chi connectivity index (χ4v) is 2.67. The molecule has 2 atom stereocenters. The number of carbonyl (C=O) groups is 3. The van der Waals surface area contributed by atoms with Crippen LogP contribution in [0.15, 0.2) is 42.5 Å². The van der Waals surface area contributed by atoms with E-state index in [-0.39, 0.29) is 24.3 Å². The van der Waals surface area contributed by atoms with Crippen LogP contribution in [0.3, 0.4) is 0 Å². The molecule has 24 heavy (non-hydrogen) atoms. The Kier molecular flexibility index (Phi) is 6.73. The van der Waals surface area contributed by atoms with Crippen molar-refractivity contribution in [2.75, 3.05) is 6.61 Å². The second kappa shape index (κ2) is 9.01. The third-order valence-corrected chi connectivity index (χ3v) is 4.01. The molecule has 0 heterocycles. The van der Waals surface area contributed by atoms with Gasteiger partial charge in [0.25, 0.3) is 5.91 Å². The van der Waals surface area contributed by atoms with Crippen LogP contribution < -0.4 is 5.32 Å². The minimum absolute atomic E-state index is 0.130. The maximum absolute atomic E-state index is 11.9. The van der Waals surface area contributed by atoms with Crippen LogP contribution in [0.2, 0.25) is 0 Å². The van der Waals surface area contributed by atoms with E-state index in [1.165, 1.54) is 6.92 Å². The van der Waals surface area contributed by atoms with Crippen LogP contribution in [-0.2, 0) is 25.5 Å². The molecule has 0 unspecified atom stereocenters. The predicted octanol–water partition coefficient (Wildman–Crippen LogP) is 2.20. The standard InChI is InChI=1S/C19H23NO4/c1-14(21)17(11-15-7-3-2-4-8-15)20-18(22)13-24-19(23)12-16-9-5-6-10-16/h2-5,7-9,16-17H,6,10-13H2,1H3,(H,20,22)/t16-,17-/m0/s1. The summed E-state index contributed by atoms with van der Waals surface area (Å²) in [6.45, 7) is 1.08. The molecule has 0 fully saturated rings. The van der Waals surface area contributed by atoms with Gasteiger partial charge in [0.05, 0.1) is 12.5 Å². The lowest BCUT2D eigenvalue weighted by Gasteiger charge is -2.16.